The van der Waals surface area contributed by atoms with E-state index in [1.165, 1.54) is 7.11 Å². The first-order valence-electron chi connectivity index (χ1n) is 10.6. The van der Waals surface area contributed by atoms with Gasteiger partial charge in [0.15, 0.2) is 6.10 Å². The summed E-state index contributed by atoms with van der Waals surface area (Å²) in [6.07, 6.45) is -0.512. The van der Waals surface area contributed by atoms with E-state index in [2.05, 4.69) is 22.8 Å². The molecule has 4 rings (SSSR count). The van der Waals surface area contributed by atoms with E-state index >= 15 is 0 Å². The summed E-state index contributed by atoms with van der Waals surface area (Å²) in [5.41, 5.74) is 3.64. The molecular formula is C24H26N2O6. The van der Waals surface area contributed by atoms with Gasteiger partial charge in [-0.2, -0.15) is 0 Å². The van der Waals surface area contributed by atoms with E-state index in [0.29, 0.717) is 12.8 Å². The van der Waals surface area contributed by atoms with Gasteiger partial charge < -0.3 is 25.2 Å². The highest BCUT2D eigenvalue weighted by atomic mass is 16.5. The van der Waals surface area contributed by atoms with Crippen molar-refractivity contribution in [1.29, 1.82) is 0 Å². The lowest BCUT2D eigenvalue weighted by Crippen LogP contribution is -2.46. The zero-order valence-electron chi connectivity index (χ0n) is 17.8. The van der Waals surface area contributed by atoms with Crippen LogP contribution >= 0.6 is 0 Å². The Kier molecular flexibility index (Phi) is 6.14. The van der Waals surface area contributed by atoms with Gasteiger partial charge in [0.2, 0.25) is 0 Å². The molecule has 0 aliphatic heterocycles. The minimum atomic E-state index is -0.944. The molecule has 1 fully saturated rings. The largest absolute Gasteiger partial charge is 0.481 e. The Labute approximate surface area is 185 Å². The summed E-state index contributed by atoms with van der Waals surface area (Å²) in [5.74, 6) is -1.44. The third kappa shape index (κ3) is 4.31. The Morgan fingerprint density at radius 3 is 2.16 bits per heavy atom. The lowest BCUT2D eigenvalue weighted by atomic mass is 9.98. The van der Waals surface area contributed by atoms with Crippen LogP contribution in [0.3, 0.4) is 0 Å². The zero-order valence-corrected chi connectivity index (χ0v) is 17.8. The molecule has 2 amide bonds. The third-order valence-corrected chi connectivity index (χ3v) is 6.26. The van der Waals surface area contributed by atoms with Gasteiger partial charge in [0.1, 0.15) is 6.61 Å². The number of ether oxygens (including phenoxy) is 2. The molecule has 0 aromatic heterocycles. The summed E-state index contributed by atoms with van der Waals surface area (Å²) in [4.78, 5) is 35.8. The van der Waals surface area contributed by atoms with Gasteiger partial charge in [-0.15, -0.1) is 0 Å². The van der Waals surface area contributed by atoms with Crippen LogP contribution in [0.1, 0.15) is 29.9 Å². The fourth-order valence-corrected chi connectivity index (χ4v) is 4.10. The van der Waals surface area contributed by atoms with E-state index in [1.807, 2.05) is 36.4 Å². The van der Waals surface area contributed by atoms with E-state index in [-0.39, 0.29) is 25.6 Å². The fourth-order valence-electron chi connectivity index (χ4n) is 4.10. The number of carbonyl (C=O) groups is 3. The second-order valence-corrected chi connectivity index (χ2v) is 8.23. The molecule has 1 saturated carbocycles. The van der Waals surface area contributed by atoms with Gasteiger partial charge in [-0.3, -0.25) is 9.59 Å². The highest BCUT2D eigenvalue weighted by Gasteiger charge is 2.50. The molecule has 0 bridgehead atoms. The number of hydrogen-bond donors (Lipinski definition) is 3. The predicted molar refractivity (Wildman–Crippen MR) is 116 cm³/mol. The zero-order chi connectivity index (χ0) is 22.7. The molecule has 0 saturated heterocycles. The van der Waals surface area contributed by atoms with Gasteiger partial charge in [-0.05, 0) is 35.1 Å². The van der Waals surface area contributed by atoms with Crippen LogP contribution in [0.2, 0.25) is 0 Å². The van der Waals surface area contributed by atoms with Crippen LogP contribution in [0.4, 0.5) is 4.79 Å². The summed E-state index contributed by atoms with van der Waals surface area (Å²) < 4.78 is 10.6. The molecule has 1 unspecified atom stereocenters. The van der Waals surface area contributed by atoms with Gasteiger partial charge in [-0.1, -0.05) is 48.5 Å². The van der Waals surface area contributed by atoms with Gasteiger partial charge in [0, 0.05) is 19.6 Å². The van der Waals surface area contributed by atoms with Crippen LogP contribution in [0.25, 0.3) is 11.1 Å². The lowest BCUT2D eigenvalue weighted by molar-refractivity contribution is -0.143. The number of hydrogen-bond acceptors (Lipinski definition) is 5. The SMILES string of the molecule is COC(CNC(=O)OCC1c2ccccc2-c2ccccc21)C(=O)NCC1(C(=O)O)CC1. The molecule has 2 aliphatic rings. The molecular weight excluding hydrogens is 412 g/mol. The number of fused-ring (bicyclic) bond motifs is 3. The summed E-state index contributed by atoms with van der Waals surface area (Å²) >= 11 is 0. The molecule has 2 aromatic rings. The van der Waals surface area contributed by atoms with Crippen LogP contribution in [-0.2, 0) is 19.1 Å². The number of amides is 2. The molecule has 168 valence electrons. The number of rotatable bonds is 9. The number of carboxylic acid groups (broad SMARTS) is 1. The molecule has 0 heterocycles. The second kappa shape index (κ2) is 9.00. The summed E-state index contributed by atoms with van der Waals surface area (Å²) in [5, 5.41) is 14.4. The van der Waals surface area contributed by atoms with Crippen molar-refractivity contribution in [3.05, 3.63) is 59.7 Å². The van der Waals surface area contributed by atoms with E-state index < -0.39 is 29.5 Å². The number of alkyl carbamates (subject to hydrolysis) is 1. The highest BCUT2D eigenvalue weighted by Crippen LogP contribution is 2.45. The molecule has 32 heavy (non-hydrogen) atoms. The smallest absolute Gasteiger partial charge is 0.407 e. The predicted octanol–water partition coefficient (Wildman–Crippen LogP) is 2.52. The average molecular weight is 438 g/mol. The van der Waals surface area contributed by atoms with Crippen LogP contribution in [0.5, 0.6) is 0 Å². The van der Waals surface area contributed by atoms with Crippen molar-refractivity contribution in [3.63, 3.8) is 0 Å². The van der Waals surface area contributed by atoms with Crippen molar-refractivity contribution in [1.82, 2.24) is 10.6 Å². The second-order valence-electron chi connectivity index (χ2n) is 8.23. The van der Waals surface area contributed by atoms with Crippen molar-refractivity contribution < 1.29 is 29.0 Å². The standard InChI is InChI=1S/C24H26N2O6/c1-31-20(21(27)26-14-24(10-11-24)22(28)29)12-25-23(30)32-13-19-17-8-4-2-6-15(17)16-7-3-5-9-18(16)19/h2-9,19-20H,10-14H2,1H3,(H,25,30)(H,26,27)(H,28,29). The summed E-state index contributed by atoms with van der Waals surface area (Å²) in [6, 6.07) is 16.1. The maximum absolute atomic E-state index is 12.3. The quantitative estimate of drug-likeness (QED) is 0.554. The van der Waals surface area contributed by atoms with Crippen LogP contribution in [-0.4, -0.2) is 56.0 Å². The number of benzene rings is 2. The van der Waals surface area contributed by atoms with Crippen LogP contribution in [0.15, 0.2) is 48.5 Å². The highest BCUT2D eigenvalue weighted by molar-refractivity contribution is 5.84. The van der Waals surface area contributed by atoms with E-state index in [4.69, 9.17) is 9.47 Å². The van der Waals surface area contributed by atoms with Crippen molar-refractivity contribution in [2.24, 2.45) is 5.41 Å². The fraction of sp³-hybridized carbons (Fsp3) is 0.375. The maximum atomic E-state index is 12.3. The maximum Gasteiger partial charge on any atom is 0.407 e. The van der Waals surface area contributed by atoms with E-state index in [0.717, 1.165) is 22.3 Å². The third-order valence-electron chi connectivity index (χ3n) is 6.26. The first-order chi connectivity index (χ1) is 15.4. The average Bonchev–Trinajstić information content (AvgIpc) is 3.54. The normalized spacial score (nSPS) is 16.4. The van der Waals surface area contributed by atoms with Crippen molar-refractivity contribution in [3.8, 4) is 11.1 Å². The van der Waals surface area contributed by atoms with Gasteiger partial charge in [0.05, 0.1) is 12.0 Å². The number of carbonyl (C=O) groups excluding carboxylic acids is 2. The molecule has 3 N–H and O–H groups in total. The summed E-state index contributed by atoms with van der Waals surface area (Å²) in [6.45, 7) is 0.135. The Bertz CT molecular complexity index is 987. The topological polar surface area (TPSA) is 114 Å². The van der Waals surface area contributed by atoms with Crippen LogP contribution in [0, 0.1) is 5.41 Å². The Hall–Kier alpha value is -3.39. The van der Waals surface area contributed by atoms with Crippen molar-refractivity contribution in [2.45, 2.75) is 24.9 Å². The van der Waals surface area contributed by atoms with Crippen molar-refractivity contribution in [2.75, 3.05) is 26.8 Å². The van der Waals surface area contributed by atoms with Gasteiger partial charge >= 0.3 is 12.1 Å². The minimum Gasteiger partial charge on any atom is -0.481 e. The van der Waals surface area contributed by atoms with Gasteiger partial charge in [0.25, 0.3) is 5.91 Å². The number of nitrogens with one attached hydrogen (secondary N) is 2. The lowest BCUT2D eigenvalue weighted by Gasteiger charge is -2.18. The molecule has 2 aliphatic carbocycles. The molecule has 1 atom stereocenters. The Morgan fingerprint density at radius 1 is 1.03 bits per heavy atom. The molecule has 2 aromatic carbocycles. The molecule has 8 nitrogen and oxygen atoms in total. The first-order valence-corrected chi connectivity index (χ1v) is 10.6. The molecule has 0 radical (unpaired) electrons. The monoisotopic (exact) mass is 438 g/mol. The van der Waals surface area contributed by atoms with Crippen molar-refractivity contribution >= 4 is 18.0 Å². The molecule has 0 spiro atoms. The first kappa shape index (κ1) is 21.8. The number of carboxylic acids is 1. The van der Waals surface area contributed by atoms with E-state index in [9.17, 15) is 19.5 Å². The molecule has 8 heteroatoms. The minimum absolute atomic E-state index is 0.0476. The van der Waals surface area contributed by atoms with E-state index in [1.54, 1.807) is 0 Å². The van der Waals surface area contributed by atoms with Crippen LogP contribution < -0.4 is 10.6 Å². The Balaban J connectivity index is 1.29. The number of aliphatic carboxylic acids is 1. The summed E-state index contributed by atoms with van der Waals surface area (Å²) in [7, 11) is 1.35. The Morgan fingerprint density at radius 2 is 1.62 bits per heavy atom. The number of methoxy groups -OCH3 is 1. The van der Waals surface area contributed by atoms with Gasteiger partial charge in [-0.25, -0.2) is 4.79 Å².